The Labute approximate surface area is 171 Å². The van der Waals surface area contributed by atoms with Crippen LogP contribution in [-0.2, 0) is 23.0 Å². The number of rotatable bonds is 6. The smallest absolute Gasteiger partial charge is 0.259 e. The van der Waals surface area contributed by atoms with E-state index in [0.29, 0.717) is 36.4 Å². The molecule has 3 rings (SSSR count). The van der Waals surface area contributed by atoms with Crippen molar-refractivity contribution < 1.29 is 17.9 Å². The van der Waals surface area contributed by atoms with Crippen LogP contribution in [0.4, 0.5) is 11.5 Å². The zero-order valence-corrected chi connectivity index (χ0v) is 17.6. The van der Waals surface area contributed by atoms with Gasteiger partial charge in [-0.1, -0.05) is 19.1 Å². The van der Waals surface area contributed by atoms with Crippen LogP contribution >= 0.6 is 0 Å². The molecule has 8 nitrogen and oxygen atoms in total. The maximum atomic E-state index is 12.8. The maximum absolute atomic E-state index is 12.8. The van der Waals surface area contributed by atoms with Gasteiger partial charge < -0.3 is 15.8 Å². The number of nitrogens with two attached hydrogens (primary N) is 1. The Balaban J connectivity index is 1.88. The highest BCUT2D eigenvalue weighted by molar-refractivity contribution is 7.89. The number of methoxy groups -OCH3 is 1. The van der Waals surface area contributed by atoms with Crippen molar-refractivity contribution in [1.82, 2.24) is 9.29 Å². The van der Waals surface area contributed by atoms with Crippen LogP contribution in [0.3, 0.4) is 0 Å². The molecule has 0 fully saturated rings. The SMILES string of the molecule is CCC(C)S(=O)(=O)N1CCc2nc(N)c(C(=O)Nc3ccccc3OC)cc2C1. The second-order valence-corrected chi connectivity index (χ2v) is 9.38. The number of para-hydroxylation sites is 2. The van der Waals surface area contributed by atoms with Crippen LogP contribution < -0.4 is 15.8 Å². The number of anilines is 2. The zero-order chi connectivity index (χ0) is 21.2. The first-order chi connectivity index (χ1) is 13.8. The van der Waals surface area contributed by atoms with Crippen LogP contribution in [0.5, 0.6) is 5.75 Å². The average Bonchev–Trinajstić information content (AvgIpc) is 2.72. The number of amides is 1. The molecule has 1 aromatic heterocycles. The summed E-state index contributed by atoms with van der Waals surface area (Å²) in [5.41, 5.74) is 8.17. The van der Waals surface area contributed by atoms with Crippen molar-refractivity contribution in [2.45, 2.75) is 38.5 Å². The van der Waals surface area contributed by atoms with Crippen molar-refractivity contribution in [1.29, 1.82) is 0 Å². The predicted molar refractivity (Wildman–Crippen MR) is 112 cm³/mol. The van der Waals surface area contributed by atoms with E-state index < -0.39 is 21.2 Å². The average molecular weight is 419 g/mol. The third kappa shape index (κ3) is 4.20. The first kappa shape index (κ1) is 21.1. The Bertz CT molecular complexity index is 1020. The number of carbonyl (C=O) groups is 1. The Morgan fingerprint density at radius 3 is 2.79 bits per heavy atom. The molecule has 0 radical (unpaired) electrons. The molecular weight excluding hydrogens is 392 g/mol. The standard InChI is InChI=1S/C20H26N4O4S/c1-4-13(2)29(26,27)24-10-9-16-14(12-24)11-15(19(21)22-16)20(25)23-17-7-5-6-8-18(17)28-3/h5-8,11,13H,4,9-10,12H2,1-3H3,(H2,21,22)(H,23,25). The van der Waals surface area contributed by atoms with Gasteiger partial charge in [-0.25, -0.2) is 13.4 Å². The first-order valence-corrected chi connectivity index (χ1v) is 11.0. The number of hydrogen-bond acceptors (Lipinski definition) is 6. The van der Waals surface area contributed by atoms with E-state index in [4.69, 9.17) is 10.5 Å². The molecule has 1 aliphatic heterocycles. The van der Waals surface area contributed by atoms with Crippen molar-refractivity contribution in [3.05, 3.63) is 47.2 Å². The number of ether oxygens (including phenoxy) is 1. The Hall–Kier alpha value is -2.65. The number of nitrogens with one attached hydrogen (secondary N) is 1. The number of carbonyl (C=O) groups excluding carboxylic acids is 1. The highest BCUT2D eigenvalue weighted by Crippen LogP contribution is 2.28. The van der Waals surface area contributed by atoms with E-state index in [0.717, 1.165) is 5.69 Å². The van der Waals surface area contributed by atoms with E-state index in [-0.39, 0.29) is 17.9 Å². The largest absolute Gasteiger partial charge is 0.495 e. The van der Waals surface area contributed by atoms with Crippen molar-refractivity contribution in [3.63, 3.8) is 0 Å². The second kappa shape index (κ2) is 8.38. The van der Waals surface area contributed by atoms with E-state index in [1.165, 1.54) is 11.4 Å². The number of pyridine rings is 1. The zero-order valence-electron chi connectivity index (χ0n) is 16.8. The number of fused-ring (bicyclic) bond motifs is 1. The van der Waals surface area contributed by atoms with Crippen LogP contribution in [0.1, 0.15) is 41.9 Å². The van der Waals surface area contributed by atoms with Crippen molar-refractivity contribution in [2.24, 2.45) is 0 Å². The minimum Gasteiger partial charge on any atom is -0.495 e. The first-order valence-electron chi connectivity index (χ1n) is 9.49. The molecule has 0 bridgehead atoms. The molecule has 0 saturated heterocycles. The van der Waals surface area contributed by atoms with Crippen LogP contribution in [0, 0.1) is 0 Å². The second-order valence-electron chi connectivity index (χ2n) is 7.03. The third-order valence-electron chi connectivity index (χ3n) is 5.21. The lowest BCUT2D eigenvalue weighted by atomic mass is 10.0. The number of nitrogen functional groups attached to an aromatic ring is 1. The summed E-state index contributed by atoms with van der Waals surface area (Å²) >= 11 is 0. The van der Waals surface area contributed by atoms with Gasteiger partial charge >= 0.3 is 0 Å². The third-order valence-corrected chi connectivity index (χ3v) is 7.59. The fourth-order valence-electron chi connectivity index (χ4n) is 3.26. The fraction of sp³-hybridized carbons (Fsp3) is 0.400. The number of hydrogen-bond donors (Lipinski definition) is 2. The van der Waals surface area contributed by atoms with Gasteiger partial charge in [0.2, 0.25) is 10.0 Å². The van der Waals surface area contributed by atoms with E-state index in [1.807, 2.05) is 6.92 Å². The van der Waals surface area contributed by atoms with Gasteiger partial charge in [-0.3, -0.25) is 4.79 Å². The Morgan fingerprint density at radius 2 is 2.10 bits per heavy atom. The van der Waals surface area contributed by atoms with Crippen molar-refractivity contribution in [3.8, 4) is 5.75 Å². The number of benzene rings is 1. The molecule has 1 unspecified atom stereocenters. The number of aromatic nitrogens is 1. The topological polar surface area (TPSA) is 115 Å². The van der Waals surface area contributed by atoms with E-state index in [9.17, 15) is 13.2 Å². The number of nitrogens with zero attached hydrogens (tertiary/aromatic N) is 2. The van der Waals surface area contributed by atoms with E-state index >= 15 is 0 Å². The molecule has 2 aromatic rings. The van der Waals surface area contributed by atoms with Crippen LogP contribution in [0.25, 0.3) is 0 Å². The molecule has 1 aliphatic rings. The summed E-state index contributed by atoms with van der Waals surface area (Å²) in [6, 6.07) is 8.68. The monoisotopic (exact) mass is 418 g/mol. The summed E-state index contributed by atoms with van der Waals surface area (Å²) in [4.78, 5) is 17.2. The van der Waals surface area contributed by atoms with Crippen molar-refractivity contribution >= 4 is 27.4 Å². The van der Waals surface area contributed by atoms with Gasteiger partial charge in [0.25, 0.3) is 5.91 Å². The highest BCUT2D eigenvalue weighted by atomic mass is 32.2. The lowest BCUT2D eigenvalue weighted by Crippen LogP contribution is -2.41. The van der Waals surface area contributed by atoms with Gasteiger partial charge in [0, 0.05) is 25.2 Å². The predicted octanol–water partition coefficient (Wildman–Crippen LogP) is 2.41. The summed E-state index contributed by atoms with van der Waals surface area (Å²) < 4.78 is 32.1. The van der Waals surface area contributed by atoms with Crippen molar-refractivity contribution in [2.75, 3.05) is 24.7 Å². The van der Waals surface area contributed by atoms with Gasteiger partial charge in [-0.2, -0.15) is 4.31 Å². The van der Waals surface area contributed by atoms with Gasteiger partial charge in [-0.05, 0) is 37.1 Å². The van der Waals surface area contributed by atoms with Gasteiger partial charge in [-0.15, -0.1) is 0 Å². The molecule has 29 heavy (non-hydrogen) atoms. The van der Waals surface area contributed by atoms with E-state index in [1.54, 1.807) is 37.3 Å². The molecule has 0 saturated carbocycles. The highest BCUT2D eigenvalue weighted by Gasteiger charge is 2.32. The normalized spacial score (nSPS) is 15.4. The van der Waals surface area contributed by atoms with Gasteiger partial charge in [0.15, 0.2) is 0 Å². The lowest BCUT2D eigenvalue weighted by Gasteiger charge is -2.30. The fourth-order valence-corrected chi connectivity index (χ4v) is 4.86. The molecule has 9 heteroatoms. The minimum absolute atomic E-state index is 0.120. The molecule has 1 aromatic carbocycles. The molecule has 3 N–H and O–H groups in total. The van der Waals surface area contributed by atoms with Crippen LogP contribution in [-0.4, -0.2) is 42.5 Å². The van der Waals surface area contributed by atoms with Crippen LogP contribution in [0.2, 0.25) is 0 Å². The maximum Gasteiger partial charge on any atom is 0.259 e. The molecular formula is C20H26N4O4S. The summed E-state index contributed by atoms with van der Waals surface area (Å²) in [5, 5.41) is 2.32. The molecule has 0 spiro atoms. The minimum atomic E-state index is -3.40. The Kier molecular flexibility index (Phi) is 6.09. The summed E-state index contributed by atoms with van der Waals surface area (Å²) in [7, 11) is -1.88. The molecule has 1 atom stereocenters. The Morgan fingerprint density at radius 1 is 1.38 bits per heavy atom. The van der Waals surface area contributed by atoms with Gasteiger partial charge in [0.1, 0.15) is 11.6 Å². The number of sulfonamides is 1. The van der Waals surface area contributed by atoms with Crippen LogP contribution in [0.15, 0.2) is 30.3 Å². The summed E-state index contributed by atoms with van der Waals surface area (Å²) in [5.74, 6) is 0.217. The molecule has 1 amide bonds. The van der Waals surface area contributed by atoms with E-state index in [2.05, 4.69) is 10.3 Å². The lowest BCUT2D eigenvalue weighted by molar-refractivity contribution is 0.102. The summed E-state index contributed by atoms with van der Waals surface area (Å²) in [6.07, 6.45) is 1.00. The summed E-state index contributed by atoms with van der Waals surface area (Å²) in [6.45, 7) is 4.10. The molecule has 156 valence electrons. The molecule has 2 heterocycles. The molecule has 0 aliphatic carbocycles. The van der Waals surface area contributed by atoms with Gasteiger partial charge in [0.05, 0.1) is 23.6 Å². The quantitative estimate of drug-likeness (QED) is 0.744.